The number of rotatable bonds is 2. The van der Waals surface area contributed by atoms with Crippen LogP contribution in [-0.2, 0) is 0 Å². The summed E-state index contributed by atoms with van der Waals surface area (Å²) >= 11 is 3.47. The predicted molar refractivity (Wildman–Crippen MR) is 46.4 cm³/mol. The molecule has 1 aliphatic rings. The smallest absolute Gasteiger partial charge is 0.0495 e. The van der Waals surface area contributed by atoms with E-state index in [0.717, 1.165) is 5.33 Å². The summed E-state index contributed by atoms with van der Waals surface area (Å²) in [6, 6.07) is 0. The van der Waals surface area contributed by atoms with E-state index in [2.05, 4.69) is 15.9 Å². The Balaban J connectivity index is 2.44. The zero-order valence-corrected chi connectivity index (χ0v) is 7.86. The Hall–Kier alpha value is 0.440. The third kappa shape index (κ3) is 1.73. The van der Waals surface area contributed by atoms with Crippen LogP contribution in [0, 0.1) is 5.41 Å². The average Bonchev–Trinajstić information content (AvgIpc) is 2.06. The van der Waals surface area contributed by atoms with E-state index < -0.39 is 0 Å². The Kier molecular flexibility index (Phi) is 3.18. The van der Waals surface area contributed by atoms with Gasteiger partial charge in [-0.3, -0.25) is 0 Å². The first-order valence-corrected chi connectivity index (χ1v) is 5.12. The van der Waals surface area contributed by atoms with E-state index in [0.29, 0.717) is 6.61 Å². The topological polar surface area (TPSA) is 20.2 Å². The van der Waals surface area contributed by atoms with Crippen molar-refractivity contribution in [3.05, 3.63) is 0 Å². The molecule has 0 aromatic carbocycles. The van der Waals surface area contributed by atoms with Crippen molar-refractivity contribution in [3.8, 4) is 0 Å². The van der Waals surface area contributed by atoms with Crippen LogP contribution in [-0.4, -0.2) is 17.0 Å². The fourth-order valence-corrected chi connectivity index (χ4v) is 2.37. The van der Waals surface area contributed by atoms with E-state index in [4.69, 9.17) is 5.11 Å². The summed E-state index contributed by atoms with van der Waals surface area (Å²) < 4.78 is 0. The van der Waals surface area contributed by atoms with Crippen LogP contribution in [0.1, 0.15) is 32.1 Å². The van der Waals surface area contributed by atoms with E-state index in [1.54, 1.807) is 0 Å². The lowest BCUT2D eigenvalue weighted by atomic mass is 9.76. The van der Waals surface area contributed by atoms with Crippen molar-refractivity contribution in [1.82, 2.24) is 0 Å². The standard InChI is InChI=1S/C8H15BrO/c9-6-8(7-10)4-2-1-3-5-8/h10H,1-7H2. The maximum atomic E-state index is 9.11. The molecule has 60 valence electrons. The van der Waals surface area contributed by atoms with Crippen LogP contribution in [0.3, 0.4) is 0 Å². The molecular formula is C8H15BrO. The molecule has 0 aromatic rings. The molecule has 0 bridgehead atoms. The average molecular weight is 207 g/mol. The second kappa shape index (κ2) is 3.72. The highest BCUT2D eigenvalue weighted by atomic mass is 79.9. The summed E-state index contributed by atoms with van der Waals surface area (Å²) in [6.07, 6.45) is 6.36. The van der Waals surface area contributed by atoms with Gasteiger partial charge in [0, 0.05) is 17.4 Å². The molecule has 0 aliphatic heterocycles. The summed E-state index contributed by atoms with van der Waals surface area (Å²) in [6.45, 7) is 0.359. The molecule has 2 heteroatoms. The number of aliphatic hydroxyl groups excluding tert-OH is 1. The Morgan fingerprint density at radius 1 is 1.20 bits per heavy atom. The van der Waals surface area contributed by atoms with Crippen LogP contribution in [0.15, 0.2) is 0 Å². The molecular weight excluding hydrogens is 192 g/mol. The number of hydrogen-bond acceptors (Lipinski definition) is 1. The van der Waals surface area contributed by atoms with Crippen LogP contribution in [0.25, 0.3) is 0 Å². The molecule has 0 saturated heterocycles. The fourth-order valence-electron chi connectivity index (χ4n) is 1.64. The first-order chi connectivity index (χ1) is 4.83. The second-order valence-electron chi connectivity index (χ2n) is 3.35. The third-order valence-electron chi connectivity index (χ3n) is 2.53. The zero-order chi connectivity index (χ0) is 7.45. The second-order valence-corrected chi connectivity index (χ2v) is 3.91. The first kappa shape index (κ1) is 8.54. The first-order valence-electron chi connectivity index (χ1n) is 4.00. The number of halogens is 1. The molecule has 0 atom stereocenters. The highest BCUT2D eigenvalue weighted by molar-refractivity contribution is 9.09. The Morgan fingerprint density at radius 2 is 1.80 bits per heavy atom. The van der Waals surface area contributed by atoms with Crippen molar-refractivity contribution < 1.29 is 5.11 Å². The summed E-state index contributed by atoms with van der Waals surface area (Å²) in [5.41, 5.74) is 0.234. The summed E-state index contributed by atoms with van der Waals surface area (Å²) in [7, 11) is 0. The van der Waals surface area contributed by atoms with Crippen molar-refractivity contribution in [2.75, 3.05) is 11.9 Å². The lowest BCUT2D eigenvalue weighted by molar-refractivity contribution is 0.106. The van der Waals surface area contributed by atoms with Crippen LogP contribution < -0.4 is 0 Å². The van der Waals surface area contributed by atoms with E-state index in [1.165, 1.54) is 32.1 Å². The molecule has 1 fully saturated rings. The van der Waals surface area contributed by atoms with Crippen molar-refractivity contribution >= 4 is 15.9 Å². The van der Waals surface area contributed by atoms with Crippen LogP contribution in [0.4, 0.5) is 0 Å². The summed E-state index contributed by atoms with van der Waals surface area (Å²) in [5, 5.41) is 10.1. The molecule has 0 unspecified atom stereocenters. The van der Waals surface area contributed by atoms with Gasteiger partial charge < -0.3 is 5.11 Å². The molecule has 0 amide bonds. The minimum Gasteiger partial charge on any atom is -0.396 e. The zero-order valence-electron chi connectivity index (χ0n) is 6.27. The molecule has 1 N–H and O–H groups in total. The van der Waals surface area contributed by atoms with Crippen molar-refractivity contribution in [2.24, 2.45) is 5.41 Å². The van der Waals surface area contributed by atoms with Gasteiger partial charge in [0.15, 0.2) is 0 Å². The Labute approximate surface area is 70.9 Å². The van der Waals surface area contributed by atoms with E-state index in [1.807, 2.05) is 0 Å². The Bertz CT molecular complexity index is 91.4. The van der Waals surface area contributed by atoms with Crippen molar-refractivity contribution in [1.29, 1.82) is 0 Å². The molecule has 0 heterocycles. The number of aliphatic hydroxyl groups is 1. The van der Waals surface area contributed by atoms with Crippen LogP contribution in [0.5, 0.6) is 0 Å². The minimum atomic E-state index is 0.234. The third-order valence-corrected chi connectivity index (χ3v) is 3.72. The van der Waals surface area contributed by atoms with Crippen molar-refractivity contribution in [3.63, 3.8) is 0 Å². The lowest BCUT2D eigenvalue weighted by Gasteiger charge is -2.33. The van der Waals surface area contributed by atoms with Gasteiger partial charge >= 0.3 is 0 Å². The summed E-state index contributed by atoms with van der Waals surface area (Å²) in [5.74, 6) is 0. The largest absolute Gasteiger partial charge is 0.396 e. The molecule has 0 aromatic heterocycles. The van der Waals surface area contributed by atoms with Gasteiger partial charge in [-0.1, -0.05) is 35.2 Å². The fraction of sp³-hybridized carbons (Fsp3) is 1.00. The molecule has 0 radical (unpaired) electrons. The maximum absolute atomic E-state index is 9.11. The molecule has 1 nitrogen and oxygen atoms in total. The molecule has 10 heavy (non-hydrogen) atoms. The highest BCUT2D eigenvalue weighted by Crippen LogP contribution is 2.36. The van der Waals surface area contributed by atoms with E-state index >= 15 is 0 Å². The van der Waals surface area contributed by atoms with Crippen LogP contribution in [0.2, 0.25) is 0 Å². The number of alkyl halides is 1. The molecule has 1 rings (SSSR count). The van der Waals surface area contributed by atoms with E-state index in [9.17, 15) is 0 Å². The monoisotopic (exact) mass is 206 g/mol. The molecule has 1 saturated carbocycles. The lowest BCUT2D eigenvalue weighted by Crippen LogP contribution is -2.29. The van der Waals surface area contributed by atoms with Gasteiger partial charge in [0.1, 0.15) is 0 Å². The van der Waals surface area contributed by atoms with Crippen LogP contribution >= 0.6 is 15.9 Å². The van der Waals surface area contributed by atoms with Crippen molar-refractivity contribution in [2.45, 2.75) is 32.1 Å². The normalized spacial score (nSPS) is 24.6. The quantitative estimate of drug-likeness (QED) is 0.689. The molecule has 0 spiro atoms. The summed E-state index contributed by atoms with van der Waals surface area (Å²) in [4.78, 5) is 0. The van der Waals surface area contributed by atoms with Gasteiger partial charge in [0.05, 0.1) is 0 Å². The maximum Gasteiger partial charge on any atom is 0.0495 e. The highest BCUT2D eigenvalue weighted by Gasteiger charge is 2.29. The predicted octanol–water partition coefficient (Wildman–Crippen LogP) is 2.32. The van der Waals surface area contributed by atoms with Gasteiger partial charge in [0.2, 0.25) is 0 Å². The van der Waals surface area contributed by atoms with Gasteiger partial charge in [-0.15, -0.1) is 0 Å². The minimum absolute atomic E-state index is 0.234. The molecule has 1 aliphatic carbocycles. The van der Waals surface area contributed by atoms with E-state index in [-0.39, 0.29) is 5.41 Å². The van der Waals surface area contributed by atoms with Gasteiger partial charge in [-0.2, -0.15) is 0 Å². The van der Waals surface area contributed by atoms with Gasteiger partial charge in [0.25, 0.3) is 0 Å². The SMILES string of the molecule is OCC1(CBr)CCCCC1. The van der Waals surface area contributed by atoms with Gasteiger partial charge in [-0.25, -0.2) is 0 Å². The Morgan fingerprint density at radius 3 is 2.10 bits per heavy atom. The number of hydrogen-bond donors (Lipinski definition) is 1. The van der Waals surface area contributed by atoms with Gasteiger partial charge in [-0.05, 0) is 12.8 Å².